The topological polar surface area (TPSA) is 33.1 Å². The standard InChI is InChI=1S/C12H12ClNOS/c13-11-3-1-9(2-4-11)10(7-15)5-12-6-14-8-16-12/h1-4,6,8,10,15H,5,7H2. The van der Waals surface area contributed by atoms with Crippen LogP contribution in [-0.4, -0.2) is 16.7 Å². The SMILES string of the molecule is OCC(Cc1cncs1)c1ccc(Cl)cc1. The lowest BCUT2D eigenvalue weighted by atomic mass is 9.96. The van der Waals surface area contributed by atoms with Crippen LogP contribution in [0.5, 0.6) is 0 Å². The van der Waals surface area contributed by atoms with Crippen LogP contribution >= 0.6 is 22.9 Å². The van der Waals surface area contributed by atoms with Gasteiger partial charge in [-0.25, -0.2) is 0 Å². The fraction of sp³-hybridized carbons (Fsp3) is 0.250. The first-order valence-corrected chi connectivity index (χ1v) is 6.29. The van der Waals surface area contributed by atoms with Gasteiger partial charge in [0.15, 0.2) is 0 Å². The molecule has 16 heavy (non-hydrogen) atoms. The molecule has 2 nitrogen and oxygen atoms in total. The van der Waals surface area contributed by atoms with Crippen molar-refractivity contribution in [1.29, 1.82) is 0 Å². The molecule has 0 aliphatic heterocycles. The smallest absolute Gasteiger partial charge is 0.0794 e. The van der Waals surface area contributed by atoms with Crippen LogP contribution in [0.4, 0.5) is 0 Å². The number of aliphatic hydroxyl groups is 1. The Morgan fingerprint density at radius 2 is 2.06 bits per heavy atom. The van der Waals surface area contributed by atoms with Crippen molar-refractivity contribution in [2.45, 2.75) is 12.3 Å². The van der Waals surface area contributed by atoms with E-state index in [1.165, 1.54) is 4.88 Å². The highest BCUT2D eigenvalue weighted by Crippen LogP contribution is 2.23. The molecule has 1 N–H and O–H groups in total. The van der Waals surface area contributed by atoms with Crippen molar-refractivity contribution in [1.82, 2.24) is 4.98 Å². The summed E-state index contributed by atoms with van der Waals surface area (Å²) in [6.07, 6.45) is 2.67. The van der Waals surface area contributed by atoms with Crippen LogP contribution in [0.15, 0.2) is 36.0 Å². The van der Waals surface area contributed by atoms with Crippen molar-refractivity contribution in [3.05, 3.63) is 51.4 Å². The Labute approximate surface area is 104 Å². The van der Waals surface area contributed by atoms with Gasteiger partial charge in [0.05, 0.1) is 12.1 Å². The molecule has 0 bridgehead atoms. The Kier molecular flexibility index (Phi) is 3.93. The number of thiazole rings is 1. The van der Waals surface area contributed by atoms with Crippen LogP contribution in [0.3, 0.4) is 0 Å². The van der Waals surface area contributed by atoms with Gasteiger partial charge in [-0.2, -0.15) is 0 Å². The molecule has 1 atom stereocenters. The average Bonchev–Trinajstić information content (AvgIpc) is 2.80. The van der Waals surface area contributed by atoms with Crippen LogP contribution < -0.4 is 0 Å². The highest BCUT2D eigenvalue weighted by Gasteiger charge is 2.12. The third-order valence-electron chi connectivity index (χ3n) is 2.49. The van der Waals surface area contributed by atoms with Crippen molar-refractivity contribution in [2.75, 3.05) is 6.61 Å². The molecule has 0 fully saturated rings. The molecule has 4 heteroatoms. The summed E-state index contributed by atoms with van der Waals surface area (Å²) < 4.78 is 0. The largest absolute Gasteiger partial charge is 0.396 e. The Balaban J connectivity index is 2.13. The second kappa shape index (κ2) is 5.43. The second-order valence-corrected chi connectivity index (χ2v) is 5.01. The zero-order chi connectivity index (χ0) is 11.4. The Morgan fingerprint density at radius 1 is 1.31 bits per heavy atom. The maximum atomic E-state index is 9.40. The van der Waals surface area contributed by atoms with E-state index in [0.29, 0.717) is 0 Å². The minimum absolute atomic E-state index is 0.123. The highest BCUT2D eigenvalue weighted by atomic mass is 35.5. The average molecular weight is 254 g/mol. The van der Waals surface area contributed by atoms with Crippen molar-refractivity contribution >= 4 is 22.9 Å². The summed E-state index contributed by atoms with van der Waals surface area (Å²) in [6.45, 7) is 0.138. The third-order valence-corrected chi connectivity index (χ3v) is 3.55. The summed E-state index contributed by atoms with van der Waals surface area (Å²) in [7, 11) is 0. The lowest BCUT2D eigenvalue weighted by molar-refractivity contribution is 0.265. The predicted octanol–water partition coefficient (Wildman–Crippen LogP) is 3.12. The van der Waals surface area contributed by atoms with E-state index in [0.717, 1.165) is 17.0 Å². The summed E-state index contributed by atoms with van der Waals surface area (Å²) in [5.41, 5.74) is 2.92. The monoisotopic (exact) mass is 253 g/mol. The Morgan fingerprint density at radius 3 is 2.62 bits per heavy atom. The van der Waals surface area contributed by atoms with Gasteiger partial charge in [-0.05, 0) is 24.1 Å². The first kappa shape index (κ1) is 11.6. The molecule has 1 unspecified atom stereocenters. The van der Waals surface area contributed by atoms with E-state index in [-0.39, 0.29) is 12.5 Å². The van der Waals surface area contributed by atoms with Gasteiger partial charge in [0.2, 0.25) is 0 Å². The summed E-state index contributed by atoms with van der Waals surface area (Å²) in [5, 5.41) is 10.1. The van der Waals surface area contributed by atoms with Crippen molar-refractivity contribution < 1.29 is 5.11 Å². The number of hydrogen-bond acceptors (Lipinski definition) is 3. The maximum Gasteiger partial charge on any atom is 0.0794 e. The van der Waals surface area contributed by atoms with Crippen LogP contribution in [0, 0.1) is 0 Å². The first-order valence-electron chi connectivity index (χ1n) is 5.03. The van der Waals surface area contributed by atoms with E-state index in [1.54, 1.807) is 11.3 Å². The van der Waals surface area contributed by atoms with Gasteiger partial charge in [-0.3, -0.25) is 4.98 Å². The summed E-state index contributed by atoms with van der Waals surface area (Å²) in [6, 6.07) is 7.63. The van der Waals surface area contributed by atoms with Gasteiger partial charge in [0.25, 0.3) is 0 Å². The summed E-state index contributed by atoms with van der Waals surface area (Å²) in [4.78, 5) is 5.22. The van der Waals surface area contributed by atoms with Crippen LogP contribution in [0.1, 0.15) is 16.4 Å². The number of hydrogen-bond donors (Lipinski definition) is 1. The summed E-state index contributed by atoms with van der Waals surface area (Å²) >= 11 is 7.45. The highest BCUT2D eigenvalue weighted by molar-refractivity contribution is 7.09. The molecule has 1 aromatic heterocycles. The third kappa shape index (κ3) is 2.82. The fourth-order valence-electron chi connectivity index (χ4n) is 1.61. The van der Waals surface area contributed by atoms with E-state index in [2.05, 4.69) is 4.98 Å². The molecule has 0 spiro atoms. The quantitative estimate of drug-likeness (QED) is 0.908. The van der Waals surface area contributed by atoms with E-state index >= 15 is 0 Å². The molecule has 2 rings (SSSR count). The van der Waals surface area contributed by atoms with E-state index < -0.39 is 0 Å². The van der Waals surface area contributed by atoms with Crippen molar-refractivity contribution in [3.63, 3.8) is 0 Å². The van der Waals surface area contributed by atoms with E-state index in [1.807, 2.05) is 36.0 Å². The van der Waals surface area contributed by atoms with Crippen molar-refractivity contribution in [3.8, 4) is 0 Å². The van der Waals surface area contributed by atoms with Gasteiger partial charge < -0.3 is 5.11 Å². The number of rotatable bonds is 4. The minimum atomic E-state index is 0.123. The normalized spacial score (nSPS) is 12.6. The number of aromatic nitrogens is 1. The van der Waals surface area contributed by atoms with E-state index in [9.17, 15) is 5.11 Å². The van der Waals surface area contributed by atoms with Crippen LogP contribution in [0.2, 0.25) is 5.02 Å². The number of aliphatic hydroxyl groups excluding tert-OH is 1. The molecule has 2 aromatic rings. The molecular weight excluding hydrogens is 242 g/mol. The zero-order valence-corrected chi connectivity index (χ0v) is 10.2. The summed E-state index contributed by atoms with van der Waals surface area (Å²) in [5.74, 6) is 0.123. The van der Waals surface area contributed by atoms with Crippen molar-refractivity contribution in [2.24, 2.45) is 0 Å². The molecule has 1 heterocycles. The molecule has 0 radical (unpaired) electrons. The molecule has 0 aliphatic carbocycles. The molecule has 0 saturated carbocycles. The van der Waals surface area contributed by atoms with Gasteiger partial charge in [-0.1, -0.05) is 23.7 Å². The van der Waals surface area contributed by atoms with Gasteiger partial charge in [0.1, 0.15) is 0 Å². The second-order valence-electron chi connectivity index (χ2n) is 3.60. The lowest BCUT2D eigenvalue weighted by Crippen LogP contribution is -2.06. The molecule has 84 valence electrons. The van der Waals surface area contributed by atoms with Gasteiger partial charge in [0, 0.05) is 22.0 Å². The van der Waals surface area contributed by atoms with Gasteiger partial charge >= 0.3 is 0 Å². The molecule has 0 aliphatic rings. The zero-order valence-electron chi connectivity index (χ0n) is 8.64. The number of benzene rings is 1. The molecule has 0 amide bonds. The molecule has 1 aromatic carbocycles. The predicted molar refractivity (Wildman–Crippen MR) is 67.1 cm³/mol. The van der Waals surface area contributed by atoms with Gasteiger partial charge in [-0.15, -0.1) is 11.3 Å². The number of nitrogens with zero attached hydrogens (tertiary/aromatic N) is 1. The fourth-order valence-corrected chi connectivity index (χ4v) is 2.41. The molecular formula is C12H12ClNOS. The van der Waals surface area contributed by atoms with Crippen LogP contribution in [-0.2, 0) is 6.42 Å². The maximum absolute atomic E-state index is 9.40. The Hall–Kier alpha value is -0.900. The van der Waals surface area contributed by atoms with Crippen LogP contribution in [0.25, 0.3) is 0 Å². The molecule has 0 saturated heterocycles. The minimum Gasteiger partial charge on any atom is -0.396 e. The lowest BCUT2D eigenvalue weighted by Gasteiger charge is -2.13. The number of halogens is 1. The first-order chi connectivity index (χ1) is 7.79. The Bertz CT molecular complexity index is 427. The van der Waals surface area contributed by atoms with E-state index in [4.69, 9.17) is 11.6 Å².